The van der Waals surface area contributed by atoms with Crippen molar-refractivity contribution in [3.63, 3.8) is 0 Å². The van der Waals surface area contributed by atoms with E-state index in [1.54, 1.807) is 43.6 Å². The number of hydrogen-bond donors (Lipinski definition) is 1. The van der Waals surface area contributed by atoms with Crippen LogP contribution in [0.25, 0.3) is 27.8 Å². The highest BCUT2D eigenvalue weighted by Crippen LogP contribution is 2.35. The van der Waals surface area contributed by atoms with Crippen molar-refractivity contribution in [2.45, 2.75) is 6.54 Å². The van der Waals surface area contributed by atoms with E-state index in [-0.39, 0.29) is 0 Å². The molecule has 0 radical (unpaired) electrons. The van der Waals surface area contributed by atoms with Gasteiger partial charge in [0.05, 0.1) is 36.9 Å². The summed E-state index contributed by atoms with van der Waals surface area (Å²) in [7, 11) is 1.54. The van der Waals surface area contributed by atoms with Gasteiger partial charge in [-0.05, 0) is 35.9 Å². The first-order valence-corrected chi connectivity index (χ1v) is 9.92. The lowest BCUT2D eigenvalue weighted by atomic mass is 10.0. The first kappa shape index (κ1) is 20.1. The van der Waals surface area contributed by atoms with Gasteiger partial charge >= 0.3 is 0 Å². The van der Waals surface area contributed by atoms with E-state index in [4.69, 9.17) is 10.5 Å². The Bertz CT molecular complexity index is 1530. The van der Waals surface area contributed by atoms with E-state index < -0.39 is 5.82 Å². The number of fused-ring (bicyclic) bond motifs is 1. The van der Waals surface area contributed by atoms with Crippen molar-refractivity contribution in [1.82, 2.24) is 29.5 Å². The molecule has 9 nitrogen and oxygen atoms in total. The maximum atomic E-state index is 14.1. The summed E-state index contributed by atoms with van der Waals surface area (Å²) in [4.78, 5) is 8.55. The van der Waals surface area contributed by atoms with Crippen molar-refractivity contribution in [2.75, 3.05) is 12.8 Å². The van der Waals surface area contributed by atoms with Crippen LogP contribution in [0.3, 0.4) is 0 Å². The van der Waals surface area contributed by atoms with E-state index in [0.717, 1.165) is 11.1 Å². The summed E-state index contributed by atoms with van der Waals surface area (Å²) in [5.41, 5.74) is 9.65. The number of para-hydroxylation sites is 1. The SMILES string of the molecule is COc1cc(C#N)cc(-c2cn(Cc3cn(-c4ccccc4F)nn3)c3ncnc(N)c23)c1. The van der Waals surface area contributed by atoms with Gasteiger partial charge in [0.15, 0.2) is 0 Å². The molecule has 3 aromatic heterocycles. The van der Waals surface area contributed by atoms with Gasteiger partial charge in [0, 0.05) is 11.8 Å². The Balaban J connectivity index is 1.60. The van der Waals surface area contributed by atoms with Crippen molar-refractivity contribution >= 4 is 16.9 Å². The largest absolute Gasteiger partial charge is 0.497 e. The van der Waals surface area contributed by atoms with E-state index in [2.05, 4.69) is 26.3 Å². The first-order valence-electron chi connectivity index (χ1n) is 9.92. The average Bonchev–Trinajstić information content (AvgIpc) is 3.45. The highest BCUT2D eigenvalue weighted by molar-refractivity contribution is 6.01. The van der Waals surface area contributed by atoms with Crippen LogP contribution < -0.4 is 10.5 Å². The molecular formula is C23H17FN8O. The molecule has 5 aromatic rings. The molecule has 0 aliphatic carbocycles. The molecule has 33 heavy (non-hydrogen) atoms. The lowest BCUT2D eigenvalue weighted by Crippen LogP contribution is -2.01. The molecule has 0 amide bonds. The van der Waals surface area contributed by atoms with Crippen LogP contribution in [0.2, 0.25) is 0 Å². The monoisotopic (exact) mass is 440 g/mol. The molecule has 0 aliphatic heterocycles. The van der Waals surface area contributed by atoms with Crippen molar-refractivity contribution in [2.24, 2.45) is 0 Å². The topological polar surface area (TPSA) is 120 Å². The van der Waals surface area contributed by atoms with Gasteiger partial charge < -0.3 is 15.0 Å². The van der Waals surface area contributed by atoms with Crippen molar-refractivity contribution in [1.29, 1.82) is 5.26 Å². The van der Waals surface area contributed by atoms with Crippen LogP contribution in [0.1, 0.15) is 11.3 Å². The van der Waals surface area contributed by atoms with Gasteiger partial charge in [0.1, 0.15) is 40.7 Å². The van der Waals surface area contributed by atoms with Gasteiger partial charge in [-0.1, -0.05) is 17.3 Å². The third-order valence-corrected chi connectivity index (χ3v) is 5.24. The lowest BCUT2D eigenvalue weighted by molar-refractivity contribution is 0.415. The molecule has 0 saturated carbocycles. The molecule has 3 heterocycles. The molecule has 0 saturated heterocycles. The molecule has 10 heteroatoms. The number of nitrogen functional groups attached to an aromatic ring is 1. The molecule has 0 spiro atoms. The summed E-state index contributed by atoms with van der Waals surface area (Å²) in [6, 6.07) is 13.7. The smallest absolute Gasteiger partial charge is 0.148 e. The van der Waals surface area contributed by atoms with Gasteiger partial charge in [-0.15, -0.1) is 5.10 Å². The Morgan fingerprint density at radius 1 is 1.15 bits per heavy atom. The van der Waals surface area contributed by atoms with Crippen LogP contribution in [-0.2, 0) is 6.54 Å². The van der Waals surface area contributed by atoms with E-state index in [9.17, 15) is 9.65 Å². The number of rotatable bonds is 5. The lowest BCUT2D eigenvalue weighted by Gasteiger charge is -2.05. The van der Waals surface area contributed by atoms with Gasteiger partial charge in [-0.3, -0.25) is 0 Å². The number of hydrogen-bond acceptors (Lipinski definition) is 7. The van der Waals surface area contributed by atoms with E-state index in [1.807, 2.05) is 16.8 Å². The maximum absolute atomic E-state index is 14.1. The minimum Gasteiger partial charge on any atom is -0.497 e. The molecule has 0 aliphatic rings. The molecule has 0 bridgehead atoms. The quantitative estimate of drug-likeness (QED) is 0.445. The highest BCUT2D eigenvalue weighted by atomic mass is 19.1. The van der Waals surface area contributed by atoms with Crippen LogP contribution in [-0.4, -0.2) is 36.6 Å². The number of nitriles is 1. The summed E-state index contributed by atoms with van der Waals surface area (Å²) in [6.45, 7) is 0.316. The van der Waals surface area contributed by atoms with Crippen molar-refractivity contribution < 1.29 is 9.13 Å². The second-order valence-electron chi connectivity index (χ2n) is 7.30. The van der Waals surface area contributed by atoms with Crippen LogP contribution in [0.5, 0.6) is 5.75 Å². The second-order valence-corrected chi connectivity index (χ2v) is 7.30. The number of nitrogens with zero attached hydrogens (tertiary/aromatic N) is 7. The fraction of sp³-hybridized carbons (Fsp3) is 0.0870. The molecular weight excluding hydrogens is 423 g/mol. The van der Waals surface area contributed by atoms with Crippen LogP contribution in [0.15, 0.2) is 61.2 Å². The summed E-state index contributed by atoms with van der Waals surface area (Å²) in [6.07, 6.45) is 4.92. The number of benzene rings is 2. The average molecular weight is 440 g/mol. The third kappa shape index (κ3) is 3.61. The summed E-state index contributed by atoms with van der Waals surface area (Å²) >= 11 is 0. The second kappa shape index (κ2) is 8.05. The minimum atomic E-state index is -0.394. The Hall–Kier alpha value is -4.78. The Morgan fingerprint density at radius 2 is 2.00 bits per heavy atom. The highest BCUT2D eigenvalue weighted by Gasteiger charge is 2.18. The molecule has 2 aromatic carbocycles. The Labute approximate surface area is 187 Å². The molecule has 0 unspecified atom stereocenters. The maximum Gasteiger partial charge on any atom is 0.148 e. The zero-order chi connectivity index (χ0) is 22.9. The van der Waals surface area contributed by atoms with E-state index in [0.29, 0.717) is 46.1 Å². The Kier molecular flexibility index (Phi) is 4.91. The molecule has 0 fully saturated rings. The number of anilines is 1. The van der Waals surface area contributed by atoms with Gasteiger partial charge in [0.25, 0.3) is 0 Å². The van der Waals surface area contributed by atoms with Gasteiger partial charge in [-0.25, -0.2) is 19.0 Å². The molecule has 2 N–H and O–H groups in total. The van der Waals surface area contributed by atoms with E-state index in [1.165, 1.54) is 17.1 Å². The van der Waals surface area contributed by atoms with Crippen LogP contribution in [0.4, 0.5) is 10.2 Å². The fourth-order valence-corrected chi connectivity index (χ4v) is 3.72. The Morgan fingerprint density at radius 3 is 2.79 bits per heavy atom. The first-order chi connectivity index (χ1) is 16.1. The van der Waals surface area contributed by atoms with Crippen LogP contribution in [0, 0.1) is 17.1 Å². The summed E-state index contributed by atoms with van der Waals surface area (Å²) < 4.78 is 22.7. The molecule has 0 atom stereocenters. The van der Waals surface area contributed by atoms with E-state index >= 15 is 0 Å². The van der Waals surface area contributed by atoms with Crippen LogP contribution >= 0.6 is 0 Å². The molecule has 162 valence electrons. The molecule has 5 rings (SSSR count). The zero-order valence-electron chi connectivity index (χ0n) is 17.5. The van der Waals surface area contributed by atoms with Crippen molar-refractivity contribution in [3.05, 3.63) is 78.3 Å². The number of methoxy groups -OCH3 is 1. The van der Waals surface area contributed by atoms with Gasteiger partial charge in [0.2, 0.25) is 0 Å². The predicted octanol–water partition coefficient (Wildman–Crippen LogP) is 3.33. The standard InChI is InChI=1S/C23H17FN8O/c1-33-17-7-14(9-25)6-15(8-17)18-12-31(23-21(18)22(26)27-13-28-23)10-16-11-32(30-29-16)20-5-3-2-4-19(20)24/h2-8,11-13H,10H2,1H3,(H2,26,27,28). The third-order valence-electron chi connectivity index (χ3n) is 5.24. The number of ether oxygens (including phenoxy) is 1. The van der Waals surface area contributed by atoms with Crippen molar-refractivity contribution in [3.8, 4) is 28.6 Å². The normalized spacial score (nSPS) is 10.9. The zero-order valence-corrected chi connectivity index (χ0v) is 17.5. The summed E-state index contributed by atoms with van der Waals surface area (Å²) in [5.74, 6) is 0.466. The fourth-order valence-electron chi connectivity index (χ4n) is 3.72. The number of nitrogens with two attached hydrogens (primary N) is 1. The predicted molar refractivity (Wildman–Crippen MR) is 119 cm³/mol. The number of halogens is 1. The summed E-state index contributed by atoms with van der Waals surface area (Å²) in [5, 5.41) is 18.3. The van der Waals surface area contributed by atoms with Gasteiger partial charge in [-0.2, -0.15) is 5.26 Å². The minimum absolute atomic E-state index is 0.307. The number of aromatic nitrogens is 6.